The molecule has 116 valence electrons. The zero-order valence-corrected chi connectivity index (χ0v) is 12.2. The van der Waals surface area contributed by atoms with Crippen molar-refractivity contribution in [2.24, 2.45) is 0 Å². The monoisotopic (exact) mass is 303 g/mol. The lowest BCUT2D eigenvalue weighted by Crippen LogP contribution is -2.46. The van der Waals surface area contributed by atoms with Gasteiger partial charge in [-0.25, -0.2) is 4.98 Å². The van der Waals surface area contributed by atoms with Crippen LogP contribution in [0.1, 0.15) is 6.92 Å². The van der Waals surface area contributed by atoms with E-state index in [9.17, 15) is 9.59 Å². The summed E-state index contributed by atoms with van der Waals surface area (Å²) in [5, 5.41) is 0.353. The molecular formula is C15H17N3O4. The van der Waals surface area contributed by atoms with Crippen LogP contribution in [-0.4, -0.2) is 53.2 Å². The van der Waals surface area contributed by atoms with Gasteiger partial charge in [-0.05, 0) is 19.1 Å². The molecule has 0 bridgehead atoms. The van der Waals surface area contributed by atoms with Gasteiger partial charge in [0.05, 0.1) is 25.1 Å². The lowest BCUT2D eigenvalue weighted by molar-refractivity contribution is -0.142. The third-order valence-electron chi connectivity index (χ3n) is 3.60. The number of carbonyl (C=O) groups is 1. The number of nitrogens with zero attached hydrogens (tertiary/aromatic N) is 2. The molecule has 1 amide bonds. The topological polar surface area (TPSA) is 84.5 Å². The van der Waals surface area contributed by atoms with E-state index in [0.717, 1.165) is 0 Å². The molecule has 2 aromatic rings. The first-order valence-electron chi connectivity index (χ1n) is 7.16. The van der Waals surface area contributed by atoms with Crippen molar-refractivity contribution in [1.29, 1.82) is 0 Å². The number of carbonyl (C=O) groups excluding carboxylic acids is 1. The van der Waals surface area contributed by atoms with Crippen molar-refractivity contribution >= 4 is 16.8 Å². The molecule has 1 aromatic carbocycles. The highest BCUT2D eigenvalue weighted by molar-refractivity contribution is 5.85. The summed E-state index contributed by atoms with van der Waals surface area (Å²) < 4.78 is 11.0. The Kier molecular flexibility index (Phi) is 4.06. The molecule has 22 heavy (non-hydrogen) atoms. The maximum Gasteiger partial charge on any atom is 0.263 e. The first-order valence-corrected chi connectivity index (χ1v) is 7.16. The first kappa shape index (κ1) is 14.5. The number of rotatable bonds is 3. The van der Waals surface area contributed by atoms with Crippen molar-refractivity contribution in [3.8, 4) is 5.75 Å². The van der Waals surface area contributed by atoms with E-state index in [1.54, 1.807) is 30.0 Å². The Labute approximate surface area is 126 Å². The van der Waals surface area contributed by atoms with E-state index in [1.165, 1.54) is 6.33 Å². The van der Waals surface area contributed by atoms with Crippen LogP contribution in [-0.2, 0) is 9.53 Å². The fourth-order valence-electron chi connectivity index (χ4n) is 2.47. The molecule has 1 saturated heterocycles. The van der Waals surface area contributed by atoms with Gasteiger partial charge >= 0.3 is 0 Å². The Morgan fingerprint density at radius 2 is 2.18 bits per heavy atom. The third-order valence-corrected chi connectivity index (χ3v) is 3.60. The molecule has 0 saturated carbocycles. The van der Waals surface area contributed by atoms with E-state index in [4.69, 9.17) is 9.47 Å². The summed E-state index contributed by atoms with van der Waals surface area (Å²) in [4.78, 5) is 32.7. The van der Waals surface area contributed by atoms with Gasteiger partial charge in [-0.15, -0.1) is 0 Å². The van der Waals surface area contributed by atoms with Crippen LogP contribution in [0.25, 0.3) is 10.9 Å². The average Bonchev–Trinajstić information content (AvgIpc) is 2.55. The maximum atomic E-state index is 12.4. The second kappa shape index (κ2) is 6.15. The van der Waals surface area contributed by atoms with E-state index in [-0.39, 0.29) is 11.5 Å². The summed E-state index contributed by atoms with van der Waals surface area (Å²) in [6, 6.07) is 5.14. The molecule has 1 atom stereocenters. The number of H-pyrrole nitrogens is 1. The van der Waals surface area contributed by atoms with Crippen molar-refractivity contribution in [2.45, 2.75) is 13.0 Å². The molecular weight excluding hydrogens is 286 g/mol. The van der Waals surface area contributed by atoms with Gasteiger partial charge in [0.2, 0.25) is 0 Å². The van der Waals surface area contributed by atoms with Crippen molar-refractivity contribution in [1.82, 2.24) is 14.9 Å². The Balaban J connectivity index is 1.83. The van der Waals surface area contributed by atoms with Crippen LogP contribution >= 0.6 is 0 Å². The number of benzene rings is 1. The van der Waals surface area contributed by atoms with E-state index < -0.39 is 6.10 Å². The summed E-state index contributed by atoms with van der Waals surface area (Å²) in [6.07, 6.45) is 0.667. The molecule has 7 heteroatoms. The highest BCUT2D eigenvalue weighted by atomic mass is 16.5. The summed E-state index contributed by atoms with van der Waals surface area (Å²) >= 11 is 0. The molecule has 0 spiro atoms. The number of aromatic amines is 1. The van der Waals surface area contributed by atoms with E-state index in [0.29, 0.717) is 43.0 Å². The van der Waals surface area contributed by atoms with Crippen molar-refractivity contribution in [3.63, 3.8) is 0 Å². The molecule has 1 N–H and O–H groups in total. The summed E-state index contributed by atoms with van der Waals surface area (Å²) in [6.45, 7) is 3.88. The van der Waals surface area contributed by atoms with Gasteiger partial charge in [-0.3, -0.25) is 9.59 Å². The van der Waals surface area contributed by atoms with Crippen molar-refractivity contribution in [2.75, 3.05) is 26.3 Å². The summed E-state index contributed by atoms with van der Waals surface area (Å²) in [5.74, 6) is 0.251. The maximum absolute atomic E-state index is 12.4. The number of nitrogens with one attached hydrogen (secondary N) is 1. The minimum Gasteiger partial charge on any atom is -0.480 e. The molecule has 0 radical (unpaired) electrons. The number of aromatic nitrogens is 2. The van der Waals surface area contributed by atoms with Crippen LogP contribution < -0.4 is 10.3 Å². The molecule has 1 fully saturated rings. The highest BCUT2D eigenvalue weighted by Gasteiger charge is 2.24. The molecule has 1 aromatic heterocycles. The number of hydrogen-bond donors (Lipinski definition) is 1. The van der Waals surface area contributed by atoms with E-state index >= 15 is 0 Å². The predicted molar refractivity (Wildman–Crippen MR) is 79.9 cm³/mol. The molecule has 0 aliphatic carbocycles. The van der Waals surface area contributed by atoms with Crippen LogP contribution in [0.15, 0.2) is 29.3 Å². The smallest absolute Gasteiger partial charge is 0.263 e. The second-order valence-electron chi connectivity index (χ2n) is 5.08. The fraction of sp³-hybridized carbons (Fsp3) is 0.400. The lowest BCUT2D eigenvalue weighted by atomic mass is 10.2. The number of ether oxygens (including phenoxy) is 2. The Hall–Kier alpha value is -2.41. The van der Waals surface area contributed by atoms with Crippen molar-refractivity contribution < 1.29 is 14.3 Å². The Bertz CT molecular complexity index is 732. The number of morpholine rings is 1. The lowest BCUT2D eigenvalue weighted by Gasteiger charge is -2.29. The standard InChI is InChI=1S/C15H17N3O4/c1-10(15(20)18-5-7-21-8-6-18)22-12-4-2-3-11-13(12)14(19)17-9-16-11/h2-4,9-10H,5-8H2,1H3,(H,16,17,19)/t10-/m1/s1. The Morgan fingerprint density at radius 3 is 2.95 bits per heavy atom. The zero-order valence-electron chi connectivity index (χ0n) is 12.2. The SMILES string of the molecule is C[C@@H](Oc1cccc2nc[nH]c(=O)c12)C(=O)N1CCOCC1. The largest absolute Gasteiger partial charge is 0.480 e. The second-order valence-corrected chi connectivity index (χ2v) is 5.08. The molecule has 2 heterocycles. The molecule has 3 rings (SSSR count). The molecule has 0 unspecified atom stereocenters. The summed E-state index contributed by atoms with van der Waals surface area (Å²) in [5.41, 5.74) is 0.249. The number of amides is 1. The molecule has 1 aliphatic heterocycles. The van der Waals surface area contributed by atoms with Gasteiger partial charge in [-0.1, -0.05) is 6.07 Å². The minimum atomic E-state index is -0.677. The van der Waals surface area contributed by atoms with Crippen LogP contribution in [0, 0.1) is 0 Å². The Morgan fingerprint density at radius 1 is 1.41 bits per heavy atom. The molecule has 1 aliphatic rings. The number of fused-ring (bicyclic) bond motifs is 1. The van der Waals surface area contributed by atoms with Crippen LogP contribution in [0.2, 0.25) is 0 Å². The fourth-order valence-corrected chi connectivity index (χ4v) is 2.47. The first-order chi connectivity index (χ1) is 10.7. The molecule has 7 nitrogen and oxygen atoms in total. The van der Waals surface area contributed by atoms with Gasteiger partial charge in [0.15, 0.2) is 6.10 Å². The van der Waals surface area contributed by atoms with Crippen LogP contribution in [0.4, 0.5) is 0 Å². The highest BCUT2D eigenvalue weighted by Crippen LogP contribution is 2.22. The van der Waals surface area contributed by atoms with Gasteiger partial charge < -0.3 is 19.4 Å². The van der Waals surface area contributed by atoms with E-state index in [2.05, 4.69) is 9.97 Å². The average molecular weight is 303 g/mol. The van der Waals surface area contributed by atoms with Gasteiger partial charge in [0.1, 0.15) is 11.1 Å². The quantitative estimate of drug-likeness (QED) is 0.895. The normalized spacial score (nSPS) is 16.5. The zero-order chi connectivity index (χ0) is 15.5. The minimum absolute atomic E-state index is 0.111. The van der Waals surface area contributed by atoms with Crippen LogP contribution in [0.3, 0.4) is 0 Å². The number of hydrogen-bond acceptors (Lipinski definition) is 5. The van der Waals surface area contributed by atoms with Gasteiger partial charge in [0, 0.05) is 13.1 Å². The van der Waals surface area contributed by atoms with Crippen LogP contribution in [0.5, 0.6) is 5.75 Å². The van der Waals surface area contributed by atoms with Gasteiger partial charge in [-0.2, -0.15) is 0 Å². The van der Waals surface area contributed by atoms with Crippen molar-refractivity contribution in [3.05, 3.63) is 34.9 Å². The predicted octanol–water partition coefficient (Wildman–Crippen LogP) is 0.549. The third kappa shape index (κ3) is 2.80. The summed E-state index contributed by atoms with van der Waals surface area (Å²) in [7, 11) is 0. The van der Waals surface area contributed by atoms with Gasteiger partial charge in [0.25, 0.3) is 11.5 Å². The van der Waals surface area contributed by atoms with E-state index in [1.807, 2.05) is 0 Å².